The summed E-state index contributed by atoms with van der Waals surface area (Å²) >= 11 is 0. The Morgan fingerprint density at radius 2 is 0.319 bits per heavy atom. The molecule has 0 aliphatic carbocycles. The molecule has 0 fully saturated rings. The van der Waals surface area contributed by atoms with Crippen LogP contribution < -0.4 is 0 Å². The van der Waals surface area contributed by atoms with Crippen molar-refractivity contribution in [1.82, 2.24) is 0 Å². The van der Waals surface area contributed by atoms with Crippen molar-refractivity contribution in [1.29, 1.82) is 0 Å². The minimum absolute atomic E-state index is 1.00. The van der Waals surface area contributed by atoms with E-state index >= 15 is 0 Å². The molecule has 94 heavy (non-hydrogen) atoms. The van der Waals surface area contributed by atoms with Crippen LogP contribution in [0.4, 0.5) is 0 Å². The molecule has 0 radical (unpaired) electrons. The van der Waals surface area contributed by atoms with Gasteiger partial charge in [-0.15, -0.1) is 12.8 Å². The summed E-state index contributed by atoms with van der Waals surface area (Å²) < 4.78 is 0. The van der Waals surface area contributed by atoms with Crippen molar-refractivity contribution in [2.45, 2.75) is 310 Å². The lowest BCUT2D eigenvalue weighted by Crippen LogP contribution is -2.03. The molecule has 0 unspecified atom stereocenters. The Bertz CT molecular complexity index is 4070. The number of benzene rings is 13. The molecule has 490 valence electrons. The summed E-state index contributed by atoms with van der Waals surface area (Å²) in [6, 6.07) is 31.2. The molecule has 13 aromatic rings. The fraction of sp³-hybridized carbons (Fsp3) is 0.511. The van der Waals surface area contributed by atoms with E-state index in [1.807, 2.05) is 0 Å². The fourth-order valence-corrected chi connectivity index (χ4v) is 18.5. The molecule has 13 rings (SSSR count). The van der Waals surface area contributed by atoms with Gasteiger partial charge < -0.3 is 0 Å². The summed E-state index contributed by atoms with van der Waals surface area (Å²) in [7, 11) is 0. The highest BCUT2D eigenvalue weighted by Gasteiger charge is 2.33. The second-order valence-corrected chi connectivity index (χ2v) is 30.4. The van der Waals surface area contributed by atoms with Gasteiger partial charge in [-0.1, -0.05) is 319 Å². The summed E-state index contributed by atoms with van der Waals surface area (Å²) in [6.07, 6.45) is 71.7. The lowest BCUT2D eigenvalue weighted by atomic mass is 9.72. The van der Waals surface area contributed by atoms with Crippen LogP contribution in [0.15, 0.2) is 72.8 Å². The molecular weight excluding hydrogens is 1130 g/mol. The number of unbranched alkanes of at least 4 members (excludes halogenated alkanes) is 36. The van der Waals surface area contributed by atoms with Crippen LogP contribution in [0.5, 0.6) is 0 Å². The molecule has 0 saturated carbocycles. The van der Waals surface area contributed by atoms with Crippen molar-refractivity contribution in [3.05, 3.63) is 106 Å². The highest BCUT2D eigenvalue weighted by Crippen LogP contribution is 2.61. The number of terminal acetylenes is 2. The van der Waals surface area contributed by atoms with Gasteiger partial charge in [0.05, 0.1) is 0 Å². The minimum Gasteiger partial charge on any atom is -0.115 e. The maximum Gasteiger partial charge on any atom is 0.0255 e. The lowest BCUT2D eigenvalue weighted by Gasteiger charge is -2.30. The van der Waals surface area contributed by atoms with Gasteiger partial charge >= 0.3 is 0 Å². The normalized spacial score (nSPS) is 12.6. The van der Waals surface area contributed by atoms with Gasteiger partial charge in [-0.05, 0) is 227 Å². The molecule has 0 aliphatic heterocycles. The van der Waals surface area contributed by atoms with E-state index in [0.717, 1.165) is 36.8 Å². The highest BCUT2D eigenvalue weighted by molar-refractivity contribution is 6.61. The van der Waals surface area contributed by atoms with E-state index in [9.17, 15) is 0 Å². The Morgan fingerprint density at radius 3 is 0.468 bits per heavy atom. The summed E-state index contributed by atoms with van der Waals surface area (Å²) in [5.41, 5.74) is 7.91. The topological polar surface area (TPSA) is 0 Å². The molecule has 0 heteroatoms. The smallest absolute Gasteiger partial charge is 0.0255 e. The van der Waals surface area contributed by atoms with Gasteiger partial charge in [0, 0.05) is 11.1 Å². The quantitative estimate of drug-likeness (QED) is 0.0155. The minimum atomic E-state index is 1.00. The monoisotopic (exact) mass is 1240 g/mol. The van der Waals surface area contributed by atoms with Crippen molar-refractivity contribution in [2.24, 2.45) is 0 Å². The van der Waals surface area contributed by atoms with E-state index in [1.54, 1.807) is 0 Å². The predicted octanol–water partition coefficient (Wildman–Crippen LogP) is 30.0. The largest absolute Gasteiger partial charge is 0.115 e. The molecule has 0 saturated heterocycles. The van der Waals surface area contributed by atoms with E-state index < -0.39 is 0 Å². The molecule has 13 aromatic carbocycles. The zero-order valence-electron chi connectivity index (χ0n) is 59.2. The van der Waals surface area contributed by atoms with Gasteiger partial charge in [-0.3, -0.25) is 0 Å². The molecule has 0 heterocycles. The molecule has 0 aliphatic rings. The Hall–Kier alpha value is -6.34. The summed E-state index contributed by atoms with van der Waals surface area (Å²) in [4.78, 5) is 0. The van der Waals surface area contributed by atoms with Crippen LogP contribution in [0.25, 0.3) is 129 Å². The van der Waals surface area contributed by atoms with Gasteiger partial charge in [0.15, 0.2) is 0 Å². The van der Waals surface area contributed by atoms with Crippen LogP contribution in [0.2, 0.25) is 0 Å². The maximum absolute atomic E-state index is 6.74. The van der Waals surface area contributed by atoms with E-state index in [4.69, 9.17) is 12.8 Å². The van der Waals surface area contributed by atoms with Gasteiger partial charge in [-0.25, -0.2) is 0 Å². The van der Waals surface area contributed by atoms with E-state index in [0.29, 0.717) is 0 Å². The molecule has 0 spiro atoms. The second kappa shape index (κ2) is 31.7. The average molecular weight is 1240 g/mol. The SMILES string of the molecule is C#Cc1cc2c3cc(CCCCCCCCCCCC)cc4c5cc(CCCCCCCCCCCC)cc6c7cc(C#C)cc8c9cc(CCCCCCCCCCCC)cc%10c%11cc(CCCCCCCCCCCC)cc%12c(c1)c2c1c(c34)c(c65)c(c78)c(c9%10)c1c%12%11. The molecule has 0 nitrogen and oxygen atoms in total. The van der Waals surface area contributed by atoms with Crippen molar-refractivity contribution < 1.29 is 0 Å². The third-order valence-electron chi connectivity index (χ3n) is 23.4. The van der Waals surface area contributed by atoms with Gasteiger partial charge in [0.1, 0.15) is 0 Å². The van der Waals surface area contributed by atoms with Gasteiger partial charge in [-0.2, -0.15) is 0 Å². The van der Waals surface area contributed by atoms with E-state index in [2.05, 4.69) is 112 Å². The zero-order valence-corrected chi connectivity index (χ0v) is 59.2. The zero-order chi connectivity index (χ0) is 64.3. The molecule has 0 amide bonds. The first kappa shape index (κ1) is 66.3. The first-order valence-corrected chi connectivity index (χ1v) is 39.7. The number of hydrogen-bond donors (Lipinski definition) is 0. The molecule has 0 atom stereocenters. The van der Waals surface area contributed by atoms with Crippen molar-refractivity contribution in [3.8, 4) is 24.7 Å². The van der Waals surface area contributed by atoms with E-state index in [-0.39, 0.29) is 0 Å². The van der Waals surface area contributed by atoms with Crippen LogP contribution in [-0.4, -0.2) is 0 Å². The average Bonchev–Trinajstić information content (AvgIpc) is 0.644. The Labute approximate surface area is 566 Å². The maximum atomic E-state index is 6.74. The van der Waals surface area contributed by atoms with Gasteiger partial charge in [0.2, 0.25) is 0 Å². The number of aryl methyl sites for hydroxylation is 4. The fourth-order valence-electron chi connectivity index (χ4n) is 18.5. The number of fused-ring (bicyclic) bond motifs is 6. The summed E-state index contributed by atoms with van der Waals surface area (Å²) in [5, 5.41) is 34.3. The summed E-state index contributed by atoms with van der Waals surface area (Å²) in [6.45, 7) is 9.30. The van der Waals surface area contributed by atoms with Crippen molar-refractivity contribution in [3.63, 3.8) is 0 Å². The van der Waals surface area contributed by atoms with Crippen LogP contribution in [-0.2, 0) is 25.7 Å². The van der Waals surface area contributed by atoms with Crippen molar-refractivity contribution in [2.75, 3.05) is 0 Å². The van der Waals surface area contributed by atoms with Crippen LogP contribution in [0, 0.1) is 24.7 Å². The lowest BCUT2D eigenvalue weighted by molar-refractivity contribution is 0.556. The summed E-state index contributed by atoms with van der Waals surface area (Å²) in [5.74, 6) is 6.58. The Morgan fingerprint density at radius 1 is 0.181 bits per heavy atom. The van der Waals surface area contributed by atoms with Crippen LogP contribution >= 0.6 is 0 Å². The van der Waals surface area contributed by atoms with Crippen molar-refractivity contribution >= 4 is 129 Å². The Balaban J connectivity index is 1.01. The van der Waals surface area contributed by atoms with Gasteiger partial charge in [0.25, 0.3) is 0 Å². The van der Waals surface area contributed by atoms with Crippen LogP contribution in [0.3, 0.4) is 0 Å². The first-order chi connectivity index (χ1) is 46.5. The standard InChI is InChI=1S/C94H114/c1-7-13-17-21-25-29-33-37-41-45-49-67-57-75-71-53-65(11-5)54-72-77-59-69(51-47-43-39-35-31-27-23-19-15-9-3)63-81-82-64-70(52-48-44-40-36-32-28-24-20-16-10-4)60-78-74-56-66(12-6)55-73-76-58-68(50-46-42-38-34-30-26-22-18-14-8-2)62-80-79(61-67)85(75)91-89(83(71)72)93(87(77)81)94(88(78)82)90(84(73)74)92(91)86(76)80/h5-6,53-64H,7-10,13-52H2,1-4H3. The third-order valence-corrected chi connectivity index (χ3v) is 23.4. The molecule has 0 bridgehead atoms. The predicted molar refractivity (Wildman–Crippen MR) is 422 cm³/mol. The van der Waals surface area contributed by atoms with E-state index in [1.165, 1.54) is 408 Å². The molecular formula is C94H114. The molecule has 0 N–H and O–H groups in total. The highest BCUT2D eigenvalue weighted by atomic mass is 14.3. The number of rotatable bonds is 44. The Kier molecular flexibility index (Phi) is 22.3. The third kappa shape index (κ3) is 13.4. The molecule has 0 aromatic heterocycles. The first-order valence-electron chi connectivity index (χ1n) is 39.7. The number of hydrogen-bond acceptors (Lipinski definition) is 0. The second-order valence-electron chi connectivity index (χ2n) is 30.4. The van der Waals surface area contributed by atoms with Crippen LogP contribution in [0.1, 0.15) is 318 Å².